The van der Waals surface area contributed by atoms with E-state index in [0.717, 1.165) is 35.1 Å². The molecule has 0 bridgehead atoms. The number of nitrogens with two attached hydrogens (primary N) is 1. The molecule has 0 aliphatic carbocycles. The molecule has 4 heteroatoms. The maximum Gasteiger partial charge on any atom is 0.131 e. The molecular weight excluding hydrogens is 224 g/mol. The van der Waals surface area contributed by atoms with E-state index in [-0.39, 0.29) is 0 Å². The molecule has 2 heterocycles. The monoisotopic (exact) mass is 244 g/mol. The number of rotatable bonds is 3. The van der Waals surface area contributed by atoms with Gasteiger partial charge >= 0.3 is 0 Å². The van der Waals surface area contributed by atoms with Crippen molar-refractivity contribution in [1.29, 1.82) is 0 Å². The predicted octanol–water partition coefficient (Wildman–Crippen LogP) is 2.98. The van der Waals surface area contributed by atoms with Gasteiger partial charge in [-0.3, -0.25) is 4.98 Å². The fourth-order valence-electron chi connectivity index (χ4n) is 2.08. The van der Waals surface area contributed by atoms with E-state index < -0.39 is 0 Å². The molecule has 0 atom stereocenters. The zero-order valence-electron chi connectivity index (χ0n) is 11.4. The molecule has 0 saturated carbocycles. The molecular formula is C14H20N4. The lowest BCUT2D eigenvalue weighted by Gasteiger charge is -2.08. The first-order chi connectivity index (χ1) is 8.54. The predicted molar refractivity (Wildman–Crippen MR) is 74.4 cm³/mol. The summed E-state index contributed by atoms with van der Waals surface area (Å²) in [4.78, 5) is 8.98. The van der Waals surface area contributed by atoms with Crippen LogP contribution < -0.4 is 5.73 Å². The summed E-state index contributed by atoms with van der Waals surface area (Å²) in [6.45, 7) is 9.15. The lowest BCUT2D eigenvalue weighted by molar-refractivity contribution is 0.658. The third kappa shape index (κ3) is 2.10. The van der Waals surface area contributed by atoms with Gasteiger partial charge in [0.1, 0.15) is 17.3 Å². The number of hydrogen-bond donors (Lipinski definition) is 1. The van der Waals surface area contributed by atoms with Crippen LogP contribution in [-0.4, -0.2) is 14.5 Å². The van der Waals surface area contributed by atoms with Crippen molar-refractivity contribution in [3.8, 4) is 11.3 Å². The summed E-state index contributed by atoms with van der Waals surface area (Å²) in [6, 6.07) is 4.00. The van der Waals surface area contributed by atoms with Gasteiger partial charge < -0.3 is 10.3 Å². The van der Waals surface area contributed by atoms with Crippen molar-refractivity contribution in [2.75, 3.05) is 5.73 Å². The third-order valence-corrected chi connectivity index (χ3v) is 3.05. The molecule has 96 valence electrons. The Morgan fingerprint density at radius 1 is 1.33 bits per heavy atom. The van der Waals surface area contributed by atoms with Crippen molar-refractivity contribution in [1.82, 2.24) is 14.5 Å². The summed E-state index contributed by atoms with van der Waals surface area (Å²) in [5, 5.41) is 0. The second-order valence-corrected chi connectivity index (χ2v) is 4.79. The summed E-state index contributed by atoms with van der Waals surface area (Å²) in [6.07, 6.45) is 1.83. The van der Waals surface area contributed by atoms with Crippen LogP contribution in [0.5, 0.6) is 0 Å². The summed E-state index contributed by atoms with van der Waals surface area (Å²) in [5.41, 5.74) is 9.01. The average molecular weight is 244 g/mol. The molecule has 2 aromatic rings. The maximum absolute atomic E-state index is 6.20. The highest BCUT2D eigenvalue weighted by molar-refractivity contribution is 5.70. The van der Waals surface area contributed by atoms with Gasteiger partial charge in [-0.15, -0.1) is 0 Å². The fraction of sp³-hybridized carbons (Fsp3) is 0.429. The molecule has 18 heavy (non-hydrogen) atoms. The first-order valence-corrected chi connectivity index (χ1v) is 6.33. The quantitative estimate of drug-likeness (QED) is 0.903. The number of nitrogen functional groups attached to an aromatic ring is 1. The van der Waals surface area contributed by atoms with Crippen LogP contribution in [-0.2, 0) is 6.54 Å². The van der Waals surface area contributed by atoms with Crippen LogP contribution in [0.3, 0.4) is 0 Å². The Kier molecular flexibility index (Phi) is 3.36. The molecule has 0 fully saturated rings. The van der Waals surface area contributed by atoms with Gasteiger partial charge in [-0.25, -0.2) is 4.98 Å². The summed E-state index contributed by atoms with van der Waals surface area (Å²) in [7, 11) is 0. The molecule has 0 radical (unpaired) electrons. The van der Waals surface area contributed by atoms with Crippen molar-refractivity contribution < 1.29 is 0 Å². The van der Waals surface area contributed by atoms with Gasteiger partial charge in [0.25, 0.3) is 0 Å². The van der Waals surface area contributed by atoms with Gasteiger partial charge in [0.15, 0.2) is 0 Å². The van der Waals surface area contributed by atoms with E-state index in [2.05, 4.69) is 35.3 Å². The minimum Gasteiger partial charge on any atom is -0.383 e. The summed E-state index contributed by atoms with van der Waals surface area (Å²) < 4.78 is 2.07. The molecule has 0 saturated heterocycles. The highest BCUT2D eigenvalue weighted by Gasteiger charge is 2.17. The van der Waals surface area contributed by atoms with Gasteiger partial charge in [-0.2, -0.15) is 0 Å². The van der Waals surface area contributed by atoms with Crippen LogP contribution in [0.4, 0.5) is 5.82 Å². The number of nitrogens with zero attached hydrogens (tertiary/aromatic N) is 3. The number of aryl methyl sites for hydroxylation is 1. The smallest absolute Gasteiger partial charge is 0.131 e. The second kappa shape index (κ2) is 4.80. The number of pyridine rings is 1. The number of aromatic nitrogens is 3. The molecule has 0 unspecified atom stereocenters. The van der Waals surface area contributed by atoms with Crippen LogP contribution in [0, 0.1) is 6.92 Å². The SMILES string of the molecule is CCn1c(C(C)C)nc(-c2ccc(C)nc2)c1N. The number of anilines is 1. The minimum absolute atomic E-state index is 0.361. The standard InChI is InChI=1S/C14H20N4/c1-5-18-13(15)12(17-14(18)9(2)3)11-7-6-10(4)16-8-11/h6-9H,5,15H2,1-4H3. The fourth-order valence-corrected chi connectivity index (χ4v) is 2.08. The van der Waals surface area contributed by atoms with Gasteiger partial charge in [0.05, 0.1) is 0 Å². The summed E-state index contributed by atoms with van der Waals surface area (Å²) in [5.74, 6) is 2.12. The first kappa shape index (κ1) is 12.6. The second-order valence-electron chi connectivity index (χ2n) is 4.79. The van der Waals surface area contributed by atoms with E-state index in [1.807, 2.05) is 25.3 Å². The topological polar surface area (TPSA) is 56.7 Å². The van der Waals surface area contributed by atoms with E-state index in [9.17, 15) is 0 Å². The van der Waals surface area contributed by atoms with Gasteiger partial charge in [0.2, 0.25) is 0 Å². The molecule has 0 aliphatic heterocycles. The van der Waals surface area contributed by atoms with Crippen LogP contribution in [0.15, 0.2) is 18.3 Å². The highest BCUT2D eigenvalue weighted by Crippen LogP contribution is 2.28. The molecule has 4 nitrogen and oxygen atoms in total. The van der Waals surface area contributed by atoms with Gasteiger partial charge in [-0.1, -0.05) is 13.8 Å². The zero-order valence-corrected chi connectivity index (χ0v) is 11.4. The molecule has 0 amide bonds. The Hall–Kier alpha value is -1.84. The van der Waals surface area contributed by atoms with E-state index >= 15 is 0 Å². The molecule has 2 rings (SSSR count). The van der Waals surface area contributed by atoms with Crippen molar-refractivity contribution in [2.45, 2.75) is 40.2 Å². The van der Waals surface area contributed by atoms with Crippen molar-refractivity contribution in [3.05, 3.63) is 29.8 Å². The van der Waals surface area contributed by atoms with E-state index in [4.69, 9.17) is 5.73 Å². The van der Waals surface area contributed by atoms with E-state index in [1.165, 1.54) is 0 Å². The van der Waals surface area contributed by atoms with Crippen molar-refractivity contribution in [2.24, 2.45) is 0 Å². The Labute approximate surface area is 108 Å². The molecule has 2 N–H and O–H groups in total. The maximum atomic E-state index is 6.20. The molecule has 0 aromatic carbocycles. The van der Waals surface area contributed by atoms with Crippen molar-refractivity contribution in [3.63, 3.8) is 0 Å². The van der Waals surface area contributed by atoms with E-state index in [1.54, 1.807) is 0 Å². The van der Waals surface area contributed by atoms with Crippen LogP contribution in [0.2, 0.25) is 0 Å². The van der Waals surface area contributed by atoms with Crippen molar-refractivity contribution >= 4 is 5.82 Å². The lowest BCUT2D eigenvalue weighted by Crippen LogP contribution is -2.06. The lowest BCUT2D eigenvalue weighted by atomic mass is 10.2. The Morgan fingerprint density at radius 3 is 2.50 bits per heavy atom. The van der Waals surface area contributed by atoms with Crippen LogP contribution >= 0.6 is 0 Å². The Balaban J connectivity index is 2.55. The van der Waals surface area contributed by atoms with Gasteiger partial charge in [-0.05, 0) is 26.0 Å². The van der Waals surface area contributed by atoms with Gasteiger partial charge in [0, 0.05) is 29.9 Å². The Bertz CT molecular complexity index is 538. The number of imidazole rings is 1. The average Bonchev–Trinajstić information content (AvgIpc) is 2.67. The molecule has 0 spiro atoms. The summed E-state index contributed by atoms with van der Waals surface area (Å²) >= 11 is 0. The van der Waals surface area contributed by atoms with Crippen LogP contribution in [0.25, 0.3) is 11.3 Å². The highest BCUT2D eigenvalue weighted by atomic mass is 15.1. The zero-order chi connectivity index (χ0) is 13.3. The normalized spacial score (nSPS) is 11.2. The third-order valence-electron chi connectivity index (χ3n) is 3.05. The minimum atomic E-state index is 0.361. The first-order valence-electron chi connectivity index (χ1n) is 6.33. The van der Waals surface area contributed by atoms with Crippen LogP contribution in [0.1, 0.15) is 38.2 Å². The Morgan fingerprint density at radius 2 is 2.06 bits per heavy atom. The number of hydrogen-bond acceptors (Lipinski definition) is 3. The largest absolute Gasteiger partial charge is 0.383 e. The van der Waals surface area contributed by atoms with E-state index in [0.29, 0.717) is 5.92 Å². The molecule has 2 aromatic heterocycles. The molecule has 0 aliphatic rings.